The zero-order valence-corrected chi connectivity index (χ0v) is 15.5. The lowest BCUT2D eigenvalue weighted by molar-refractivity contribution is -0.118. The number of carbonyl (C=O) groups excluding carboxylic acids is 1. The molecule has 1 aromatic carbocycles. The maximum Gasteiger partial charge on any atom is 0.238 e. The predicted octanol–water partition coefficient (Wildman–Crippen LogP) is 2.71. The van der Waals surface area contributed by atoms with Gasteiger partial charge in [0.25, 0.3) is 0 Å². The number of halogens is 1. The van der Waals surface area contributed by atoms with Gasteiger partial charge < -0.3 is 10.6 Å². The lowest BCUT2D eigenvalue weighted by Crippen LogP contribution is -2.48. The molecular weight excluding hydrogens is 336 g/mol. The summed E-state index contributed by atoms with van der Waals surface area (Å²) in [7, 11) is 0. The molecule has 1 aliphatic heterocycles. The Balaban J connectivity index is 0.00000225. The Kier molecular flexibility index (Phi) is 6.93. The number of aromatic nitrogens is 1. The smallest absolute Gasteiger partial charge is 0.238 e. The quantitative estimate of drug-likeness (QED) is 0.880. The van der Waals surface area contributed by atoms with Gasteiger partial charge in [-0.3, -0.25) is 14.7 Å². The summed E-state index contributed by atoms with van der Waals surface area (Å²) in [6.07, 6.45) is 3.66. The Bertz CT molecular complexity index is 708. The minimum absolute atomic E-state index is 0. The van der Waals surface area contributed by atoms with Crippen LogP contribution in [0.1, 0.15) is 22.7 Å². The van der Waals surface area contributed by atoms with Gasteiger partial charge in [-0.2, -0.15) is 0 Å². The van der Waals surface area contributed by atoms with Gasteiger partial charge in [-0.1, -0.05) is 18.2 Å². The van der Waals surface area contributed by atoms with Crippen molar-refractivity contribution in [1.29, 1.82) is 0 Å². The maximum atomic E-state index is 12.5. The minimum Gasteiger partial charge on any atom is -0.325 e. The Morgan fingerprint density at radius 2 is 2.20 bits per heavy atom. The van der Waals surface area contributed by atoms with E-state index in [0.717, 1.165) is 42.0 Å². The highest BCUT2D eigenvalue weighted by atomic mass is 35.5. The average Bonchev–Trinajstić information content (AvgIpc) is 2.59. The van der Waals surface area contributed by atoms with Crippen LogP contribution in [0.4, 0.5) is 5.69 Å². The van der Waals surface area contributed by atoms with Crippen LogP contribution in [0.15, 0.2) is 42.7 Å². The van der Waals surface area contributed by atoms with Gasteiger partial charge in [-0.25, -0.2) is 0 Å². The van der Waals surface area contributed by atoms with Gasteiger partial charge in [0.1, 0.15) is 0 Å². The number of amides is 1. The topological polar surface area (TPSA) is 57.3 Å². The van der Waals surface area contributed by atoms with Crippen LogP contribution in [0.3, 0.4) is 0 Å². The molecule has 1 amide bonds. The molecule has 0 aliphatic carbocycles. The summed E-state index contributed by atoms with van der Waals surface area (Å²) >= 11 is 0. The molecule has 6 heteroatoms. The Labute approximate surface area is 155 Å². The molecule has 1 aliphatic rings. The van der Waals surface area contributed by atoms with Crippen molar-refractivity contribution < 1.29 is 4.79 Å². The molecule has 0 spiro atoms. The molecule has 2 aromatic rings. The number of anilines is 1. The molecule has 25 heavy (non-hydrogen) atoms. The van der Waals surface area contributed by atoms with Crippen molar-refractivity contribution in [3.63, 3.8) is 0 Å². The van der Waals surface area contributed by atoms with Crippen LogP contribution in [0.2, 0.25) is 0 Å². The molecule has 2 N–H and O–H groups in total. The largest absolute Gasteiger partial charge is 0.325 e. The van der Waals surface area contributed by atoms with E-state index in [1.54, 1.807) is 6.20 Å². The molecule has 2 heterocycles. The third-order valence-corrected chi connectivity index (χ3v) is 4.44. The van der Waals surface area contributed by atoms with Crippen LogP contribution in [-0.2, 0) is 4.79 Å². The fourth-order valence-electron chi connectivity index (χ4n) is 3.08. The summed E-state index contributed by atoms with van der Waals surface area (Å²) in [5, 5.41) is 6.46. The second kappa shape index (κ2) is 8.94. The molecule has 1 aromatic heterocycles. The molecule has 0 bridgehead atoms. The highest BCUT2D eigenvalue weighted by Gasteiger charge is 2.25. The van der Waals surface area contributed by atoms with Crippen LogP contribution in [0.25, 0.3) is 0 Å². The zero-order valence-electron chi connectivity index (χ0n) is 14.7. The molecule has 0 radical (unpaired) electrons. The van der Waals surface area contributed by atoms with Gasteiger partial charge in [0.05, 0.1) is 6.54 Å². The van der Waals surface area contributed by atoms with Crippen molar-refractivity contribution >= 4 is 24.0 Å². The molecular formula is C19H25ClN4O. The number of nitrogens with one attached hydrogen (secondary N) is 2. The molecule has 5 nitrogen and oxygen atoms in total. The second-order valence-corrected chi connectivity index (χ2v) is 6.34. The van der Waals surface area contributed by atoms with Crippen LogP contribution >= 0.6 is 12.4 Å². The van der Waals surface area contributed by atoms with E-state index >= 15 is 0 Å². The molecule has 1 unspecified atom stereocenters. The number of rotatable bonds is 4. The first kappa shape index (κ1) is 19.4. The highest BCUT2D eigenvalue weighted by Crippen LogP contribution is 2.22. The van der Waals surface area contributed by atoms with Crippen LogP contribution < -0.4 is 10.6 Å². The molecule has 1 saturated heterocycles. The Hall–Kier alpha value is -1.95. The van der Waals surface area contributed by atoms with E-state index in [-0.39, 0.29) is 24.4 Å². The number of carbonyl (C=O) groups is 1. The van der Waals surface area contributed by atoms with Gasteiger partial charge in [-0.15, -0.1) is 12.4 Å². The SMILES string of the molecule is Cc1ccc(C)c(NC(=O)CN2CCNCC2c2cccnc2)c1.Cl. The van der Waals surface area contributed by atoms with Gasteiger partial charge in [0.2, 0.25) is 5.91 Å². The maximum absolute atomic E-state index is 12.5. The minimum atomic E-state index is 0. The molecule has 0 saturated carbocycles. The third-order valence-electron chi connectivity index (χ3n) is 4.44. The van der Waals surface area contributed by atoms with E-state index in [2.05, 4.69) is 32.7 Å². The van der Waals surface area contributed by atoms with Crippen LogP contribution in [-0.4, -0.2) is 42.0 Å². The molecule has 3 rings (SSSR count). The normalized spacial score (nSPS) is 17.6. The van der Waals surface area contributed by atoms with Crippen LogP contribution in [0.5, 0.6) is 0 Å². The first-order chi connectivity index (χ1) is 11.6. The van der Waals surface area contributed by atoms with E-state index in [9.17, 15) is 4.79 Å². The van der Waals surface area contributed by atoms with Crippen molar-refractivity contribution in [2.75, 3.05) is 31.5 Å². The van der Waals surface area contributed by atoms with Gasteiger partial charge in [0.15, 0.2) is 0 Å². The summed E-state index contributed by atoms with van der Waals surface area (Å²) < 4.78 is 0. The van der Waals surface area contributed by atoms with E-state index in [4.69, 9.17) is 0 Å². The predicted molar refractivity (Wildman–Crippen MR) is 103 cm³/mol. The second-order valence-electron chi connectivity index (χ2n) is 6.34. The van der Waals surface area contributed by atoms with Gasteiger partial charge >= 0.3 is 0 Å². The Morgan fingerprint density at radius 3 is 2.96 bits per heavy atom. The molecule has 1 atom stereocenters. The zero-order chi connectivity index (χ0) is 16.9. The number of hydrogen-bond donors (Lipinski definition) is 2. The van der Waals surface area contributed by atoms with Crippen LogP contribution in [0, 0.1) is 13.8 Å². The van der Waals surface area contributed by atoms with Gasteiger partial charge in [0, 0.05) is 43.8 Å². The lowest BCUT2D eigenvalue weighted by atomic mass is 10.1. The van der Waals surface area contributed by atoms with Crippen molar-refractivity contribution in [1.82, 2.24) is 15.2 Å². The number of aryl methyl sites for hydroxylation is 2. The summed E-state index contributed by atoms with van der Waals surface area (Å²) in [4.78, 5) is 19.0. The summed E-state index contributed by atoms with van der Waals surface area (Å²) in [5.74, 6) is 0.0273. The van der Waals surface area contributed by atoms with E-state index < -0.39 is 0 Å². The van der Waals surface area contributed by atoms with Crippen molar-refractivity contribution in [3.8, 4) is 0 Å². The average molecular weight is 361 g/mol. The number of piperazine rings is 1. The summed E-state index contributed by atoms with van der Waals surface area (Å²) in [6, 6.07) is 10.3. The number of hydrogen-bond acceptors (Lipinski definition) is 4. The Morgan fingerprint density at radius 1 is 1.36 bits per heavy atom. The molecule has 1 fully saturated rings. The molecule has 134 valence electrons. The van der Waals surface area contributed by atoms with E-state index in [1.165, 1.54) is 0 Å². The fraction of sp³-hybridized carbons (Fsp3) is 0.368. The van der Waals surface area contributed by atoms with Crippen molar-refractivity contribution in [2.45, 2.75) is 19.9 Å². The monoisotopic (exact) mass is 360 g/mol. The number of pyridine rings is 1. The fourth-order valence-corrected chi connectivity index (χ4v) is 3.08. The van der Waals surface area contributed by atoms with Crippen molar-refractivity contribution in [2.24, 2.45) is 0 Å². The highest BCUT2D eigenvalue weighted by molar-refractivity contribution is 5.93. The first-order valence-electron chi connectivity index (χ1n) is 8.35. The van der Waals surface area contributed by atoms with Crippen molar-refractivity contribution in [3.05, 3.63) is 59.4 Å². The number of benzene rings is 1. The third kappa shape index (κ3) is 5.01. The van der Waals surface area contributed by atoms with Gasteiger partial charge in [-0.05, 0) is 42.7 Å². The summed E-state index contributed by atoms with van der Waals surface area (Å²) in [6.45, 7) is 7.01. The summed E-state index contributed by atoms with van der Waals surface area (Å²) in [5.41, 5.74) is 4.27. The standard InChI is InChI=1S/C19H24N4O.ClH/c1-14-5-6-15(2)17(10-14)22-19(24)13-23-9-8-21-12-18(23)16-4-3-7-20-11-16;/h3-7,10-11,18,21H,8-9,12-13H2,1-2H3,(H,22,24);1H. The first-order valence-corrected chi connectivity index (χ1v) is 8.35. The van der Waals surface area contributed by atoms with E-state index in [1.807, 2.05) is 38.2 Å². The lowest BCUT2D eigenvalue weighted by Gasteiger charge is -2.35. The van der Waals surface area contributed by atoms with E-state index in [0.29, 0.717) is 6.54 Å². The number of nitrogens with zero attached hydrogens (tertiary/aromatic N) is 2.